The van der Waals surface area contributed by atoms with Gasteiger partial charge in [-0.2, -0.15) is 0 Å². The normalized spacial score (nSPS) is 10.9. The fourth-order valence-electron chi connectivity index (χ4n) is 1.65. The quantitative estimate of drug-likeness (QED) is 0.699. The van der Waals surface area contributed by atoms with E-state index in [4.69, 9.17) is 23.2 Å². The molecule has 1 aromatic heterocycles. The fourth-order valence-corrected chi connectivity index (χ4v) is 3.81. The molecule has 2 N–H and O–H groups in total. The van der Waals surface area contributed by atoms with Crippen LogP contribution in [-0.4, -0.2) is 27.9 Å². The molecular formula is C14H16Cl2N4OS2. The molecule has 0 aliphatic heterocycles. The number of halogens is 2. The largest absolute Gasteiger partial charge is 0.358 e. The lowest BCUT2D eigenvalue weighted by Crippen LogP contribution is -2.14. The lowest BCUT2D eigenvalue weighted by molar-refractivity contribution is -0.113. The maximum atomic E-state index is 12.1. The molecule has 2 rings (SSSR count). The van der Waals surface area contributed by atoms with E-state index in [1.807, 2.05) is 20.8 Å². The van der Waals surface area contributed by atoms with Crippen LogP contribution < -0.4 is 10.6 Å². The van der Waals surface area contributed by atoms with Crippen molar-refractivity contribution in [2.45, 2.75) is 31.2 Å². The minimum Gasteiger partial charge on any atom is -0.358 e. The van der Waals surface area contributed by atoms with Gasteiger partial charge in [-0.15, -0.1) is 10.2 Å². The highest BCUT2D eigenvalue weighted by atomic mass is 35.5. The number of carbonyl (C=O) groups is 1. The van der Waals surface area contributed by atoms with Crippen LogP contribution in [0.3, 0.4) is 0 Å². The first kappa shape index (κ1) is 18.3. The highest BCUT2D eigenvalue weighted by Crippen LogP contribution is 2.33. The van der Waals surface area contributed by atoms with Crippen LogP contribution in [0.1, 0.15) is 19.4 Å². The Hall–Kier alpha value is -1.02. The van der Waals surface area contributed by atoms with E-state index in [1.165, 1.54) is 23.1 Å². The first-order chi connectivity index (χ1) is 10.9. The van der Waals surface area contributed by atoms with Gasteiger partial charge in [0.25, 0.3) is 0 Å². The summed E-state index contributed by atoms with van der Waals surface area (Å²) in [5, 5.41) is 15.6. The number of nitrogens with zero attached hydrogens (tertiary/aromatic N) is 2. The molecule has 0 fully saturated rings. The molecule has 0 bridgehead atoms. The average molecular weight is 391 g/mol. The lowest BCUT2D eigenvalue weighted by Gasteiger charge is -2.10. The average Bonchev–Trinajstić information content (AvgIpc) is 2.92. The number of aromatic nitrogens is 2. The number of benzene rings is 1. The van der Waals surface area contributed by atoms with Gasteiger partial charge in [0.2, 0.25) is 11.0 Å². The molecule has 0 atom stereocenters. The van der Waals surface area contributed by atoms with E-state index in [9.17, 15) is 4.79 Å². The Balaban J connectivity index is 1.93. The summed E-state index contributed by atoms with van der Waals surface area (Å²) in [6, 6.07) is 3.80. The molecule has 0 radical (unpaired) electrons. The maximum absolute atomic E-state index is 12.1. The highest BCUT2D eigenvalue weighted by molar-refractivity contribution is 8.01. The van der Waals surface area contributed by atoms with Crippen molar-refractivity contribution in [1.29, 1.82) is 0 Å². The van der Waals surface area contributed by atoms with E-state index in [0.29, 0.717) is 15.7 Å². The summed E-state index contributed by atoms with van der Waals surface area (Å²) in [7, 11) is 0. The second-order valence-electron chi connectivity index (χ2n) is 5.06. The predicted molar refractivity (Wildman–Crippen MR) is 99.2 cm³/mol. The molecule has 0 saturated heterocycles. The first-order valence-corrected chi connectivity index (χ1v) is 9.40. The number of anilines is 2. The van der Waals surface area contributed by atoms with Gasteiger partial charge in [-0.1, -0.05) is 52.4 Å². The van der Waals surface area contributed by atoms with Crippen LogP contribution in [0, 0.1) is 6.92 Å². The Labute approximate surface area is 153 Å². The van der Waals surface area contributed by atoms with Crippen molar-refractivity contribution in [3.05, 3.63) is 27.7 Å². The van der Waals surface area contributed by atoms with Gasteiger partial charge in [0.1, 0.15) is 0 Å². The van der Waals surface area contributed by atoms with Crippen molar-refractivity contribution in [2.75, 3.05) is 16.4 Å². The molecule has 23 heavy (non-hydrogen) atoms. The molecule has 0 saturated carbocycles. The minimum absolute atomic E-state index is 0.196. The third kappa shape index (κ3) is 5.24. The second-order valence-corrected chi connectivity index (χ2v) is 8.05. The van der Waals surface area contributed by atoms with Crippen molar-refractivity contribution in [3.8, 4) is 0 Å². The van der Waals surface area contributed by atoms with Crippen molar-refractivity contribution in [1.82, 2.24) is 10.2 Å². The fraction of sp³-hybridized carbons (Fsp3) is 0.357. The second kappa shape index (κ2) is 8.19. The van der Waals surface area contributed by atoms with Crippen LogP contribution in [0.4, 0.5) is 10.8 Å². The van der Waals surface area contributed by atoms with Crippen molar-refractivity contribution in [2.24, 2.45) is 0 Å². The smallest absolute Gasteiger partial charge is 0.234 e. The summed E-state index contributed by atoms with van der Waals surface area (Å²) >= 11 is 15.0. The number of rotatable bonds is 6. The monoisotopic (exact) mass is 390 g/mol. The first-order valence-electron chi connectivity index (χ1n) is 6.84. The molecule has 0 unspecified atom stereocenters. The van der Waals surface area contributed by atoms with E-state index in [-0.39, 0.29) is 17.7 Å². The molecule has 0 aliphatic carbocycles. The van der Waals surface area contributed by atoms with Crippen molar-refractivity contribution in [3.63, 3.8) is 0 Å². The van der Waals surface area contributed by atoms with E-state index in [1.54, 1.807) is 12.1 Å². The van der Waals surface area contributed by atoms with Gasteiger partial charge < -0.3 is 10.6 Å². The molecule has 0 spiro atoms. The Morgan fingerprint density at radius 3 is 2.78 bits per heavy atom. The van der Waals surface area contributed by atoms with Gasteiger partial charge in [-0.25, -0.2) is 0 Å². The summed E-state index contributed by atoms with van der Waals surface area (Å²) in [6.45, 7) is 5.90. The number of hydrogen-bond donors (Lipinski definition) is 2. The minimum atomic E-state index is -0.196. The Kier molecular flexibility index (Phi) is 6.52. The zero-order chi connectivity index (χ0) is 17.0. The summed E-state index contributed by atoms with van der Waals surface area (Å²) < 4.78 is 0.727. The summed E-state index contributed by atoms with van der Waals surface area (Å²) in [6.07, 6.45) is 0. The van der Waals surface area contributed by atoms with Gasteiger partial charge in [0, 0.05) is 6.04 Å². The molecule has 9 heteroatoms. The Morgan fingerprint density at radius 2 is 2.09 bits per heavy atom. The molecule has 5 nitrogen and oxygen atoms in total. The maximum Gasteiger partial charge on any atom is 0.234 e. The zero-order valence-electron chi connectivity index (χ0n) is 12.8. The molecule has 1 amide bonds. The molecule has 1 heterocycles. The van der Waals surface area contributed by atoms with Crippen LogP contribution in [0.15, 0.2) is 16.5 Å². The van der Waals surface area contributed by atoms with Gasteiger partial charge in [0.15, 0.2) is 4.34 Å². The zero-order valence-corrected chi connectivity index (χ0v) is 16.0. The molecule has 1 aromatic carbocycles. The van der Waals surface area contributed by atoms with Gasteiger partial charge in [-0.05, 0) is 32.4 Å². The molecule has 0 aliphatic rings. The topological polar surface area (TPSA) is 66.9 Å². The summed E-state index contributed by atoms with van der Waals surface area (Å²) in [5.74, 6) is 0.00894. The lowest BCUT2D eigenvalue weighted by atomic mass is 10.2. The number of aryl methyl sites for hydroxylation is 1. The van der Waals surface area contributed by atoms with Crippen LogP contribution in [-0.2, 0) is 4.79 Å². The Bertz CT molecular complexity index is 706. The van der Waals surface area contributed by atoms with Crippen LogP contribution >= 0.6 is 46.3 Å². The highest BCUT2D eigenvalue weighted by Gasteiger charge is 2.13. The third-order valence-corrected chi connectivity index (χ3v) is 5.48. The van der Waals surface area contributed by atoms with E-state index >= 15 is 0 Å². The Morgan fingerprint density at radius 1 is 1.35 bits per heavy atom. The van der Waals surface area contributed by atoms with Gasteiger partial charge in [0.05, 0.1) is 21.5 Å². The standard InChI is InChI=1S/C14H16Cl2N4OS2/c1-7(2)17-13-19-20-14(23-13)22-6-10(21)18-12-9(15)5-4-8(3)11(12)16/h4-5,7H,6H2,1-3H3,(H,17,19)(H,18,21). The molecule has 124 valence electrons. The van der Waals surface area contributed by atoms with Crippen LogP contribution in [0.25, 0.3) is 0 Å². The summed E-state index contributed by atoms with van der Waals surface area (Å²) in [4.78, 5) is 12.1. The van der Waals surface area contributed by atoms with E-state index in [0.717, 1.165) is 15.0 Å². The summed E-state index contributed by atoms with van der Waals surface area (Å²) in [5.41, 5.74) is 1.30. The third-order valence-electron chi connectivity index (χ3n) is 2.69. The number of hydrogen-bond acceptors (Lipinski definition) is 6. The van der Waals surface area contributed by atoms with Gasteiger partial charge >= 0.3 is 0 Å². The predicted octanol–water partition coefficient (Wildman–Crippen LogP) is 4.70. The van der Waals surface area contributed by atoms with Gasteiger partial charge in [-0.3, -0.25) is 4.79 Å². The van der Waals surface area contributed by atoms with Crippen LogP contribution in [0.2, 0.25) is 10.0 Å². The number of nitrogens with one attached hydrogen (secondary N) is 2. The van der Waals surface area contributed by atoms with E-state index in [2.05, 4.69) is 20.8 Å². The van der Waals surface area contributed by atoms with Crippen LogP contribution in [0.5, 0.6) is 0 Å². The van der Waals surface area contributed by atoms with E-state index < -0.39 is 0 Å². The number of carbonyl (C=O) groups excluding carboxylic acids is 1. The molecular weight excluding hydrogens is 375 g/mol. The molecule has 2 aromatic rings. The SMILES string of the molecule is Cc1ccc(Cl)c(NC(=O)CSc2nnc(NC(C)C)s2)c1Cl. The number of amides is 1. The number of thioether (sulfide) groups is 1. The van der Waals surface area contributed by atoms with Crippen molar-refractivity contribution >= 4 is 63.0 Å². The van der Waals surface area contributed by atoms with Crippen molar-refractivity contribution < 1.29 is 4.79 Å².